The highest BCUT2D eigenvalue weighted by molar-refractivity contribution is 5.82. The van der Waals surface area contributed by atoms with Gasteiger partial charge in [-0.2, -0.15) is 0 Å². The molecule has 112 valence electrons. The number of hydrogen-bond acceptors (Lipinski definition) is 3. The Bertz CT molecular complexity index is 634. The summed E-state index contributed by atoms with van der Waals surface area (Å²) < 4.78 is 0. The summed E-state index contributed by atoms with van der Waals surface area (Å²) >= 11 is 0. The van der Waals surface area contributed by atoms with E-state index in [9.17, 15) is 0 Å². The molecule has 0 saturated carbocycles. The van der Waals surface area contributed by atoms with Crippen LogP contribution in [-0.2, 0) is 6.54 Å². The molecule has 4 heteroatoms. The van der Waals surface area contributed by atoms with Crippen LogP contribution in [0.4, 0.5) is 0 Å². The van der Waals surface area contributed by atoms with E-state index in [1.807, 2.05) is 13.0 Å². The molecule has 3 N–H and O–H groups in total. The summed E-state index contributed by atoms with van der Waals surface area (Å²) in [5.41, 5.74) is 8.87. The van der Waals surface area contributed by atoms with Gasteiger partial charge in [0, 0.05) is 36.6 Å². The van der Waals surface area contributed by atoms with Gasteiger partial charge < -0.3 is 5.73 Å². The molecule has 0 bridgehead atoms. The molecular weight excluding hydrogens is 260 g/mol. The molecular formula is C17H24N4. The highest BCUT2D eigenvalue weighted by atomic mass is 15.1. The standard InChI is InChI=1S/C17H24N4/c1-12(2)21(9-8-17(18)19)11-14-10-13(3)20-16-7-5-4-6-15(14)16/h4-7,10,12H,8-9,11H2,1-3H3,(H3,18,19). The van der Waals surface area contributed by atoms with Crippen molar-refractivity contribution >= 4 is 16.7 Å². The van der Waals surface area contributed by atoms with Gasteiger partial charge in [-0.25, -0.2) is 0 Å². The van der Waals surface area contributed by atoms with Crippen molar-refractivity contribution in [3.8, 4) is 0 Å². The van der Waals surface area contributed by atoms with Crippen molar-refractivity contribution in [1.29, 1.82) is 5.41 Å². The number of benzene rings is 1. The summed E-state index contributed by atoms with van der Waals surface area (Å²) in [5.74, 6) is 0.247. The molecule has 0 spiro atoms. The van der Waals surface area contributed by atoms with Crippen LogP contribution in [0, 0.1) is 12.3 Å². The molecule has 0 radical (unpaired) electrons. The molecule has 21 heavy (non-hydrogen) atoms. The second-order valence-electron chi connectivity index (χ2n) is 5.78. The number of nitrogens with zero attached hydrogens (tertiary/aromatic N) is 2. The first-order valence-electron chi connectivity index (χ1n) is 7.39. The fourth-order valence-corrected chi connectivity index (χ4v) is 2.53. The van der Waals surface area contributed by atoms with E-state index in [1.54, 1.807) is 0 Å². The minimum Gasteiger partial charge on any atom is -0.388 e. The lowest BCUT2D eigenvalue weighted by Crippen LogP contribution is -2.33. The van der Waals surface area contributed by atoms with Gasteiger partial charge in [-0.15, -0.1) is 0 Å². The Labute approximate surface area is 126 Å². The first kappa shape index (κ1) is 15.4. The zero-order valence-electron chi connectivity index (χ0n) is 13.1. The van der Waals surface area contributed by atoms with Crippen LogP contribution in [-0.4, -0.2) is 28.3 Å². The molecule has 0 amide bonds. The van der Waals surface area contributed by atoms with Crippen molar-refractivity contribution in [1.82, 2.24) is 9.88 Å². The van der Waals surface area contributed by atoms with Crippen LogP contribution in [0.2, 0.25) is 0 Å². The van der Waals surface area contributed by atoms with E-state index in [2.05, 4.69) is 48.0 Å². The zero-order valence-corrected chi connectivity index (χ0v) is 13.1. The number of aryl methyl sites for hydroxylation is 1. The molecule has 1 heterocycles. The van der Waals surface area contributed by atoms with Gasteiger partial charge in [0.1, 0.15) is 0 Å². The van der Waals surface area contributed by atoms with Crippen molar-refractivity contribution in [2.45, 2.75) is 39.8 Å². The maximum absolute atomic E-state index is 7.41. The van der Waals surface area contributed by atoms with Crippen LogP contribution in [0.25, 0.3) is 10.9 Å². The van der Waals surface area contributed by atoms with Gasteiger partial charge in [-0.1, -0.05) is 18.2 Å². The maximum atomic E-state index is 7.41. The largest absolute Gasteiger partial charge is 0.388 e. The van der Waals surface area contributed by atoms with E-state index in [4.69, 9.17) is 11.1 Å². The summed E-state index contributed by atoms with van der Waals surface area (Å²) in [5, 5.41) is 8.62. The Morgan fingerprint density at radius 3 is 2.71 bits per heavy atom. The number of aromatic nitrogens is 1. The number of hydrogen-bond donors (Lipinski definition) is 2. The lowest BCUT2D eigenvalue weighted by atomic mass is 10.1. The molecule has 0 aliphatic rings. The van der Waals surface area contributed by atoms with E-state index in [-0.39, 0.29) is 5.84 Å². The second-order valence-corrected chi connectivity index (χ2v) is 5.78. The van der Waals surface area contributed by atoms with Crippen LogP contribution in [0.1, 0.15) is 31.5 Å². The van der Waals surface area contributed by atoms with Crippen LogP contribution in [0.15, 0.2) is 30.3 Å². The topological polar surface area (TPSA) is 66.0 Å². The Morgan fingerprint density at radius 2 is 2.05 bits per heavy atom. The Hall–Kier alpha value is -1.94. The van der Waals surface area contributed by atoms with Crippen molar-refractivity contribution in [2.24, 2.45) is 5.73 Å². The molecule has 0 aliphatic heterocycles. The summed E-state index contributed by atoms with van der Waals surface area (Å²) in [7, 11) is 0. The van der Waals surface area contributed by atoms with Gasteiger partial charge in [0.25, 0.3) is 0 Å². The molecule has 1 aromatic carbocycles. The Kier molecular flexibility index (Phi) is 4.91. The van der Waals surface area contributed by atoms with Crippen LogP contribution >= 0.6 is 0 Å². The molecule has 1 aromatic heterocycles. The van der Waals surface area contributed by atoms with Crippen LogP contribution < -0.4 is 5.73 Å². The molecule has 4 nitrogen and oxygen atoms in total. The molecule has 0 unspecified atom stereocenters. The molecule has 2 aromatic rings. The number of rotatable bonds is 6. The fraction of sp³-hybridized carbons (Fsp3) is 0.412. The number of fused-ring (bicyclic) bond motifs is 1. The van der Waals surface area contributed by atoms with Crippen molar-refractivity contribution < 1.29 is 0 Å². The average molecular weight is 284 g/mol. The maximum Gasteiger partial charge on any atom is 0.0918 e. The van der Waals surface area contributed by atoms with Gasteiger partial charge in [-0.3, -0.25) is 15.3 Å². The monoisotopic (exact) mass is 284 g/mol. The van der Waals surface area contributed by atoms with Crippen molar-refractivity contribution in [2.75, 3.05) is 6.54 Å². The van der Waals surface area contributed by atoms with E-state index in [0.29, 0.717) is 12.5 Å². The minimum absolute atomic E-state index is 0.247. The summed E-state index contributed by atoms with van der Waals surface area (Å²) in [4.78, 5) is 6.94. The Balaban J connectivity index is 2.29. The summed E-state index contributed by atoms with van der Waals surface area (Å²) in [6.45, 7) is 8.05. The van der Waals surface area contributed by atoms with Crippen molar-refractivity contribution in [3.63, 3.8) is 0 Å². The van der Waals surface area contributed by atoms with E-state index in [1.165, 1.54) is 10.9 Å². The molecule has 0 atom stereocenters. The predicted molar refractivity (Wildman–Crippen MR) is 88.6 cm³/mol. The van der Waals surface area contributed by atoms with E-state index in [0.717, 1.165) is 24.3 Å². The fourth-order valence-electron chi connectivity index (χ4n) is 2.53. The van der Waals surface area contributed by atoms with E-state index >= 15 is 0 Å². The minimum atomic E-state index is 0.247. The smallest absolute Gasteiger partial charge is 0.0918 e. The third-order valence-corrected chi connectivity index (χ3v) is 3.70. The molecule has 0 fully saturated rings. The van der Waals surface area contributed by atoms with Crippen LogP contribution in [0.5, 0.6) is 0 Å². The number of nitrogens with one attached hydrogen (secondary N) is 1. The lowest BCUT2D eigenvalue weighted by molar-refractivity contribution is 0.219. The number of para-hydroxylation sites is 1. The molecule has 0 aliphatic carbocycles. The molecule has 2 rings (SSSR count). The zero-order chi connectivity index (χ0) is 15.4. The summed E-state index contributed by atoms with van der Waals surface area (Å²) in [6.07, 6.45) is 0.611. The first-order chi connectivity index (χ1) is 9.97. The number of amidine groups is 1. The predicted octanol–water partition coefficient (Wildman–Crippen LogP) is 3.08. The normalized spacial score (nSPS) is 11.5. The number of nitrogens with two attached hydrogens (primary N) is 1. The average Bonchev–Trinajstić information content (AvgIpc) is 2.42. The third kappa shape index (κ3) is 4.02. The van der Waals surface area contributed by atoms with Gasteiger partial charge in [-0.05, 0) is 38.5 Å². The van der Waals surface area contributed by atoms with Crippen LogP contribution in [0.3, 0.4) is 0 Å². The third-order valence-electron chi connectivity index (χ3n) is 3.70. The highest BCUT2D eigenvalue weighted by Gasteiger charge is 2.13. The van der Waals surface area contributed by atoms with Crippen molar-refractivity contribution in [3.05, 3.63) is 41.6 Å². The Morgan fingerprint density at radius 1 is 1.33 bits per heavy atom. The van der Waals surface area contributed by atoms with Gasteiger partial charge in [0.15, 0.2) is 0 Å². The van der Waals surface area contributed by atoms with E-state index < -0.39 is 0 Å². The summed E-state index contributed by atoms with van der Waals surface area (Å²) in [6, 6.07) is 10.8. The highest BCUT2D eigenvalue weighted by Crippen LogP contribution is 2.20. The molecule has 0 saturated heterocycles. The first-order valence-corrected chi connectivity index (χ1v) is 7.39. The SMILES string of the molecule is Cc1cc(CN(CCC(=N)N)C(C)C)c2ccccc2n1. The number of pyridine rings is 1. The van der Waals surface area contributed by atoms with Gasteiger partial charge in [0.2, 0.25) is 0 Å². The van der Waals surface area contributed by atoms with Gasteiger partial charge in [0.05, 0.1) is 11.4 Å². The lowest BCUT2D eigenvalue weighted by Gasteiger charge is -2.27. The second kappa shape index (κ2) is 6.68. The quantitative estimate of drug-likeness (QED) is 0.633. The van der Waals surface area contributed by atoms with Gasteiger partial charge >= 0.3 is 0 Å².